The number of fused-ring (bicyclic) bond motifs is 3. The normalized spacial score (nSPS) is 18.5. The minimum absolute atomic E-state index is 0.173. The average molecular weight is 397 g/mol. The molecule has 29 heavy (non-hydrogen) atoms. The lowest BCUT2D eigenvalue weighted by Gasteiger charge is -2.35. The van der Waals surface area contributed by atoms with Crippen molar-refractivity contribution in [3.05, 3.63) is 52.3 Å². The van der Waals surface area contributed by atoms with Gasteiger partial charge in [-0.2, -0.15) is 0 Å². The Kier molecular flexibility index (Phi) is 4.90. The first-order valence-electron chi connectivity index (χ1n) is 9.85. The first-order valence-corrected chi connectivity index (χ1v) is 9.85. The van der Waals surface area contributed by atoms with Gasteiger partial charge in [-0.3, -0.25) is 4.79 Å². The highest BCUT2D eigenvalue weighted by molar-refractivity contribution is 5.72. The number of aliphatic hydroxyl groups excluding tert-OH is 1. The molecule has 1 unspecified atom stereocenters. The van der Waals surface area contributed by atoms with E-state index in [1.807, 2.05) is 12.1 Å². The highest BCUT2D eigenvalue weighted by Crippen LogP contribution is 2.57. The van der Waals surface area contributed by atoms with Crippen LogP contribution in [0.1, 0.15) is 36.9 Å². The van der Waals surface area contributed by atoms with Crippen LogP contribution in [0, 0.1) is 5.41 Å². The summed E-state index contributed by atoms with van der Waals surface area (Å²) in [5.41, 5.74) is 3.10. The summed E-state index contributed by atoms with van der Waals surface area (Å²) in [6.45, 7) is 6.76. The van der Waals surface area contributed by atoms with Crippen LogP contribution in [0.5, 0.6) is 11.5 Å². The summed E-state index contributed by atoms with van der Waals surface area (Å²) in [6.07, 6.45) is 4.86. The molecule has 0 saturated heterocycles. The fourth-order valence-electron chi connectivity index (χ4n) is 4.18. The number of nitrogens with zero attached hydrogens (tertiary/aromatic N) is 1. The van der Waals surface area contributed by atoms with Gasteiger partial charge in [-0.25, -0.2) is 0 Å². The minimum atomic E-state index is -0.240. The van der Waals surface area contributed by atoms with E-state index in [9.17, 15) is 9.90 Å². The molecule has 1 aliphatic carbocycles. The van der Waals surface area contributed by atoms with E-state index in [1.165, 1.54) is 0 Å². The Morgan fingerprint density at radius 1 is 1.24 bits per heavy atom. The second-order valence-corrected chi connectivity index (χ2v) is 8.17. The van der Waals surface area contributed by atoms with Crippen molar-refractivity contribution in [3.8, 4) is 22.8 Å². The number of pyridine rings is 1. The smallest absolute Gasteiger partial charge is 0.193 e. The summed E-state index contributed by atoms with van der Waals surface area (Å²) >= 11 is 0. The maximum Gasteiger partial charge on any atom is 0.193 e. The van der Waals surface area contributed by atoms with Crippen LogP contribution in [-0.4, -0.2) is 37.1 Å². The van der Waals surface area contributed by atoms with Crippen LogP contribution in [0.25, 0.3) is 17.0 Å². The van der Waals surface area contributed by atoms with Crippen LogP contribution in [0.15, 0.2) is 35.8 Å². The summed E-state index contributed by atoms with van der Waals surface area (Å²) in [5.74, 6) is 1.10. The molecule has 0 radical (unpaired) electrons. The van der Waals surface area contributed by atoms with Crippen LogP contribution < -0.4 is 14.9 Å². The molecule has 0 spiro atoms. The molecule has 1 fully saturated rings. The summed E-state index contributed by atoms with van der Waals surface area (Å²) in [5, 5.41) is 9.87. The van der Waals surface area contributed by atoms with Gasteiger partial charge in [-0.15, -0.1) is 0 Å². The molecule has 1 aromatic carbocycles. The van der Waals surface area contributed by atoms with E-state index < -0.39 is 0 Å². The van der Waals surface area contributed by atoms with Gasteiger partial charge in [0, 0.05) is 31.0 Å². The molecule has 154 valence electrons. The fourth-order valence-corrected chi connectivity index (χ4v) is 4.18. The molecule has 6 nitrogen and oxygen atoms in total. The Bertz CT molecular complexity index is 1020. The summed E-state index contributed by atoms with van der Waals surface area (Å²) in [4.78, 5) is 12.6. The number of methoxy groups -OCH3 is 2. The van der Waals surface area contributed by atoms with Crippen molar-refractivity contribution in [2.75, 3.05) is 27.4 Å². The molecule has 1 atom stereocenters. The molecule has 4 rings (SSSR count). The van der Waals surface area contributed by atoms with Gasteiger partial charge in [0.2, 0.25) is 0 Å². The molecule has 6 heteroatoms. The summed E-state index contributed by atoms with van der Waals surface area (Å²) in [7, 11) is 3.24. The van der Waals surface area contributed by atoms with Gasteiger partial charge < -0.3 is 23.9 Å². The van der Waals surface area contributed by atoms with Gasteiger partial charge in [0.25, 0.3) is 0 Å². The van der Waals surface area contributed by atoms with Crippen molar-refractivity contribution in [1.29, 1.82) is 0 Å². The first kappa shape index (κ1) is 19.6. The second kappa shape index (κ2) is 7.26. The number of benzene rings is 1. The third-order valence-corrected chi connectivity index (χ3v) is 6.19. The number of hydrogen-bond donors (Lipinski definition) is 1. The van der Waals surface area contributed by atoms with Gasteiger partial charge >= 0.3 is 0 Å². The molecule has 0 amide bonds. The molecule has 1 aliphatic heterocycles. The predicted molar refractivity (Wildman–Crippen MR) is 112 cm³/mol. The van der Waals surface area contributed by atoms with E-state index in [1.54, 1.807) is 26.5 Å². The Balaban J connectivity index is 1.87. The predicted octanol–water partition coefficient (Wildman–Crippen LogP) is 3.98. The lowest BCUT2D eigenvalue weighted by atomic mass is 9.84. The van der Waals surface area contributed by atoms with E-state index in [4.69, 9.17) is 14.2 Å². The maximum absolute atomic E-state index is 12.6. The van der Waals surface area contributed by atoms with Gasteiger partial charge in [0.1, 0.15) is 12.4 Å². The topological polar surface area (TPSA) is 69.9 Å². The number of aromatic nitrogens is 1. The molecule has 1 saturated carbocycles. The highest BCUT2D eigenvalue weighted by Gasteiger charge is 2.47. The quantitative estimate of drug-likeness (QED) is 0.565. The zero-order valence-corrected chi connectivity index (χ0v) is 17.2. The summed E-state index contributed by atoms with van der Waals surface area (Å²) in [6, 6.07) is 5.75. The Morgan fingerprint density at radius 3 is 2.62 bits per heavy atom. The SMILES string of the molecule is C=C(O)c1cn2c(cc1=O)-c1cc(OC)c(OCCOC)cc1CC2C1(C)CC1. The molecular weight excluding hydrogens is 370 g/mol. The van der Waals surface area contributed by atoms with E-state index in [2.05, 4.69) is 18.1 Å². The average Bonchev–Trinajstić information content (AvgIpc) is 3.44. The van der Waals surface area contributed by atoms with E-state index in [-0.39, 0.29) is 28.2 Å². The molecule has 2 heterocycles. The van der Waals surface area contributed by atoms with Crippen molar-refractivity contribution in [3.63, 3.8) is 0 Å². The van der Waals surface area contributed by atoms with Crippen LogP contribution in [0.3, 0.4) is 0 Å². The van der Waals surface area contributed by atoms with Crippen molar-refractivity contribution in [2.24, 2.45) is 5.41 Å². The molecule has 1 N–H and O–H groups in total. The van der Waals surface area contributed by atoms with Gasteiger partial charge in [0.05, 0.1) is 25.0 Å². The molecule has 2 aliphatic rings. The van der Waals surface area contributed by atoms with E-state index in [0.717, 1.165) is 36.1 Å². The molecular formula is C23H27NO5. The molecule has 1 aromatic heterocycles. The molecule has 0 bridgehead atoms. The second-order valence-electron chi connectivity index (χ2n) is 8.17. The van der Waals surface area contributed by atoms with Crippen molar-refractivity contribution in [1.82, 2.24) is 4.57 Å². The minimum Gasteiger partial charge on any atom is -0.508 e. The number of ether oxygens (including phenoxy) is 3. The van der Waals surface area contributed by atoms with Crippen molar-refractivity contribution in [2.45, 2.75) is 32.2 Å². The van der Waals surface area contributed by atoms with E-state index in [0.29, 0.717) is 24.7 Å². The Labute approximate surface area is 170 Å². The number of rotatable bonds is 7. The highest BCUT2D eigenvalue weighted by atomic mass is 16.5. The lowest BCUT2D eigenvalue weighted by molar-refractivity contribution is 0.144. The lowest BCUT2D eigenvalue weighted by Crippen LogP contribution is -2.28. The van der Waals surface area contributed by atoms with Crippen LogP contribution in [-0.2, 0) is 11.2 Å². The fraction of sp³-hybridized carbons (Fsp3) is 0.435. The number of aliphatic hydroxyl groups is 1. The standard InChI is InChI=1S/C23H27NO5/c1-14(25)17-13-24-18(12-19(17)26)16-11-20(28-4)21(29-8-7-27-3)9-15(16)10-22(24)23(2)5-6-23/h9,11-13,22,25H,1,5-8,10H2,2-4H3. The Morgan fingerprint density at radius 2 is 2.00 bits per heavy atom. The first-order chi connectivity index (χ1) is 13.9. The van der Waals surface area contributed by atoms with Crippen LogP contribution in [0.4, 0.5) is 0 Å². The maximum atomic E-state index is 12.6. The monoisotopic (exact) mass is 397 g/mol. The van der Waals surface area contributed by atoms with Gasteiger partial charge in [-0.05, 0) is 42.4 Å². The largest absolute Gasteiger partial charge is 0.508 e. The summed E-state index contributed by atoms with van der Waals surface area (Å²) < 4.78 is 18.6. The molecule has 2 aromatic rings. The van der Waals surface area contributed by atoms with Crippen LogP contribution in [0.2, 0.25) is 0 Å². The van der Waals surface area contributed by atoms with Gasteiger partial charge in [0.15, 0.2) is 16.9 Å². The van der Waals surface area contributed by atoms with Crippen LogP contribution >= 0.6 is 0 Å². The number of hydrogen-bond acceptors (Lipinski definition) is 5. The van der Waals surface area contributed by atoms with Gasteiger partial charge in [-0.1, -0.05) is 13.5 Å². The van der Waals surface area contributed by atoms with Crippen molar-refractivity contribution >= 4 is 5.76 Å². The third kappa shape index (κ3) is 3.42. The zero-order chi connectivity index (χ0) is 20.8. The zero-order valence-electron chi connectivity index (χ0n) is 17.2. The van der Waals surface area contributed by atoms with E-state index >= 15 is 0 Å². The Hall–Kier alpha value is -2.73. The third-order valence-electron chi connectivity index (χ3n) is 6.19. The van der Waals surface area contributed by atoms with Crippen molar-refractivity contribution < 1.29 is 19.3 Å².